The molecule has 2 amide bonds. The highest BCUT2D eigenvalue weighted by molar-refractivity contribution is 6.03. The molecule has 0 bridgehead atoms. The van der Waals surface area contributed by atoms with E-state index >= 15 is 0 Å². The quantitative estimate of drug-likeness (QED) is 0.793. The number of rotatable bonds is 7. The number of benzene rings is 2. The number of urea groups is 1. The molecule has 3 rings (SSSR count). The molecule has 1 atom stereocenters. The first-order chi connectivity index (χ1) is 13.6. The number of methoxy groups -OCH3 is 1. The summed E-state index contributed by atoms with van der Waals surface area (Å²) < 4.78 is 5.42. The average Bonchev–Trinajstić information content (AvgIpc) is 3.16. The lowest BCUT2D eigenvalue weighted by molar-refractivity contribution is 0.0586. The number of oxime groups is 1. The Morgan fingerprint density at radius 3 is 2.64 bits per heavy atom. The molecule has 6 heteroatoms. The van der Waals surface area contributed by atoms with Crippen LogP contribution in [0.15, 0.2) is 59.8 Å². The van der Waals surface area contributed by atoms with Crippen LogP contribution in [0.2, 0.25) is 0 Å². The third kappa shape index (κ3) is 5.03. The van der Waals surface area contributed by atoms with Crippen LogP contribution in [0, 0.1) is 0 Å². The maximum Gasteiger partial charge on any atom is 0.318 e. The molecule has 148 valence electrons. The van der Waals surface area contributed by atoms with Crippen molar-refractivity contribution in [2.75, 3.05) is 13.7 Å². The number of ether oxygens (including phenoxy) is 1. The number of hydrogen-bond acceptors (Lipinski definition) is 4. The Bertz CT molecular complexity index is 821. The summed E-state index contributed by atoms with van der Waals surface area (Å²) in [6.07, 6.45) is 0.433. The van der Waals surface area contributed by atoms with Gasteiger partial charge in [-0.2, -0.15) is 0 Å². The van der Waals surface area contributed by atoms with Crippen molar-refractivity contribution in [2.45, 2.75) is 39.0 Å². The van der Waals surface area contributed by atoms with Gasteiger partial charge >= 0.3 is 6.03 Å². The SMILES string of the molecule is COc1ccccc1C1=NOC(CN(Cc2ccccc2)C(=O)NC(C)C)C1. The fourth-order valence-corrected chi connectivity index (χ4v) is 3.18. The van der Waals surface area contributed by atoms with Crippen LogP contribution in [0.3, 0.4) is 0 Å². The van der Waals surface area contributed by atoms with Gasteiger partial charge < -0.3 is 19.8 Å². The molecule has 1 aliphatic rings. The molecule has 1 N–H and O–H groups in total. The van der Waals surface area contributed by atoms with Gasteiger partial charge in [-0.05, 0) is 31.5 Å². The molecule has 0 fully saturated rings. The van der Waals surface area contributed by atoms with Crippen molar-refractivity contribution in [1.29, 1.82) is 0 Å². The second-order valence-electron chi connectivity index (χ2n) is 7.14. The summed E-state index contributed by atoms with van der Waals surface area (Å²) in [7, 11) is 1.64. The molecule has 28 heavy (non-hydrogen) atoms. The highest BCUT2D eigenvalue weighted by Crippen LogP contribution is 2.25. The Morgan fingerprint density at radius 2 is 1.93 bits per heavy atom. The van der Waals surface area contributed by atoms with E-state index in [0.29, 0.717) is 19.5 Å². The van der Waals surface area contributed by atoms with Crippen LogP contribution in [0.1, 0.15) is 31.4 Å². The first kappa shape index (κ1) is 19.7. The molecule has 0 radical (unpaired) electrons. The summed E-state index contributed by atoms with van der Waals surface area (Å²) in [6, 6.07) is 17.7. The number of hydrogen-bond donors (Lipinski definition) is 1. The summed E-state index contributed by atoms with van der Waals surface area (Å²) in [5, 5.41) is 7.23. The monoisotopic (exact) mass is 381 g/mol. The predicted molar refractivity (Wildman–Crippen MR) is 110 cm³/mol. The zero-order chi connectivity index (χ0) is 19.9. The Balaban J connectivity index is 1.68. The minimum absolute atomic E-state index is 0.0654. The molecule has 6 nitrogen and oxygen atoms in total. The van der Waals surface area contributed by atoms with E-state index in [4.69, 9.17) is 9.57 Å². The molecule has 1 heterocycles. The summed E-state index contributed by atoms with van der Waals surface area (Å²) in [5.74, 6) is 0.768. The van der Waals surface area contributed by atoms with E-state index in [-0.39, 0.29) is 18.2 Å². The molecule has 0 spiro atoms. The maximum absolute atomic E-state index is 12.7. The first-order valence-electron chi connectivity index (χ1n) is 9.52. The lowest BCUT2D eigenvalue weighted by Crippen LogP contribution is -2.45. The van der Waals surface area contributed by atoms with Gasteiger partial charge in [-0.3, -0.25) is 0 Å². The van der Waals surface area contributed by atoms with Gasteiger partial charge in [0, 0.05) is 24.6 Å². The molecule has 1 unspecified atom stereocenters. The van der Waals surface area contributed by atoms with E-state index < -0.39 is 0 Å². The standard InChI is InChI=1S/C22H27N3O3/c1-16(2)23-22(26)25(14-17-9-5-4-6-10-17)15-18-13-20(24-28-18)19-11-7-8-12-21(19)27-3/h4-12,16,18H,13-15H2,1-3H3,(H,23,26). The Morgan fingerprint density at radius 1 is 1.21 bits per heavy atom. The fraction of sp³-hybridized carbons (Fsp3) is 0.364. The van der Waals surface area contributed by atoms with Crippen molar-refractivity contribution < 1.29 is 14.4 Å². The number of para-hydroxylation sites is 1. The second-order valence-corrected chi connectivity index (χ2v) is 7.14. The van der Waals surface area contributed by atoms with Gasteiger partial charge in [-0.1, -0.05) is 47.6 Å². The van der Waals surface area contributed by atoms with Crippen molar-refractivity contribution in [3.05, 3.63) is 65.7 Å². The third-order valence-electron chi connectivity index (χ3n) is 4.49. The van der Waals surface area contributed by atoms with Crippen molar-refractivity contribution in [1.82, 2.24) is 10.2 Å². The van der Waals surface area contributed by atoms with Crippen LogP contribution in [0.5, 0.6) is 5.75 Å². The molecule has 0 aromatic heterocycles. The molecule has 0 saturated heterocycles. The van der Waals surface area contributed by atoms with E-state index in [1.807, 2.05) is 68.4 Å². The third-order valence-corrected chi connectivity index (χ3v) is 4.49. The topological polar surface area (TPSA) is 63.2 Å². The molecular weight excluding hydrogens is 354 g/mol. The summed E-state index contributed by atoms with van der Waals surface area (Å²) in [6.45, 7) is 4.87. The van der Waals surface area contributed by atoms with E-state index in [2.05, 4.69) is 10.5 Å². The lowest BCUT2D eigenvalue weighted by atomic mass is 10.0. The van der Waals surface area contributed by atoms with Gasteiger partial charge in [-0.25, -0.2) is 4.79 Å². The van der Waals surface area contributed by atoms with Crippen molar-refractivity contribution in [2.24, 2.45) is 5.16 Å². The zero-order valence-electron chi connectivity index (χ0n) is 16.6. The van der Waals surface area contributed by atoms with Gasteiger partial charge in [0.1, 0.15) is 5.75 Å². The fourth-order valence-electron chi connectivity index (χ4n) is 3.18. The van der Waals surface area contributed by atoms with Crippen LogP contribution in [0.4, 0.5) is 4.79 Å². The second kappa shape index (κ2) is 9.26. The molecular formula is C22H27N3O3. The predicted octanol–water partition coefficient (Wildman–Crippen LogP) is 3.81. The minimum Gasteiger partial charge on any atom is -0.496 e. The van der Waals surface area contributed by atoms with Crippen molar-refractivity contribution in [3.63, 3.8) is 0 Å². The van der Waals surface area contributed by atoms with Crippen LogP contribution in [-0.2, 0) is 11.4 Å². The van der Waals surface area contributed by atoms with Gasteiger partial charge in [0.25, 0.3) is 0 Å². The zero-order valence-corrected chi connectivity index (χ0v) is 16.6. The summed E-state index contributed by atoms with van der Waals surface area (Å²) >= 11 is 0. The molecule has 1 aliphatic heterocycles. The highest BCUT2D eigenvalue weighted by atomic mass is 16.6. The lowest BCUT2D eigenvalue weighted by Gasteiger charge is -2.26. The van der Waals surface area contributed by atoms with Crippen LogP contribution in [-0.4, -0.2) is 42.4 Å². The van der Waals surface area contributed by atoms with Crippen LogP contribution >= 0.6 is 0 Å². The van der Waals surface area contributed by atoms with Gasteiger partial charge in [0.15, 0.2) is 6.10 Å². The van der Waals surface area contributed by atoms with Crippen LogP contribution in [0.25, 0.3) is 0 Å². The molecule has 2 aromatic carbocycles. The number of carbonyl (C=O) groups excluding carboxylic acids is 1. The van der Waals surface area contributed by atoms with E-state index in [9.17, 15) is 4.79 Å². The van der Waals surface area contributed by atoms with E-state index in [1.54, 1.807) is 12.0 Å². The van der Waals surface area contributed by atoms with Gasteiger partial charge in [-0.15, -0.1) is 0 Å². The molecule has 2 aromatic rings. The molecule has 0 aliphatic carbocycles. The van der Waals surface area contributed by atoms with Crippen molar-refractivity contribution in [3.8, 4) is 5.75 Å². The smallest absolute Gasteiger partial charge is 0.318 e. The number of carbonyl (C=O) groups is 1. The first-order valence-corrected chi connectivity index (χ1v) is 9.52. The van der Waals surface area contributed by atoms with Gasteiger partial charge in [0.05, 0.1) is 19.4 Å². The van der Waals surface area contributed by atoms with Crippen LogP contribution < -0.4 is 10.1 Å². The normalized spacial score (nSPS) is 15.7. The summed E-state index contributed by atoms with van der Waals surface area (Å²) in [4.78, 5) is 20.1. The Labute approximate surface area is 166 Å². The van der Waals surface area contributed by atoms with Crippen molar-refractivity contribution >= 4 is 11.7 Å². The molecule has 0 saturated carbocycles. The number of nitrogens with one attached hydrogen (secondary N) is 1. The number of amides is 2. The van der Waals surface area contributed by atoms with Gasteiger partial charge in [0.2, 0.25) is 0 Å². The van der Waals surface area contributed by atoms with E-state index in [0.717, 1.165) is 22.6 Å². The summed E-state index contributed by atoms with van der Waals surface area (Å²) in [5.41, 5.74) is 2.84. The Kier molecular flexibility index (Phi) is 6.53. The number of nitrogens with zero attached hydrogens (tertiary/aromatic N) is 2. The Hall–Kier alpha value is -3.02. The minimum atomic E-state index is -0.193. The highest BCUT2D eigenvalue weighted by Gasteiger charge is 2.28. The average molecular weight is 381 g/mol. The maximum atomic E-state index is 12.7. The van der Waals surface area contributed by atoms with E-state index in [1.165, 1.54) is 0 Å². The largest absolute Gasteiger partial charge is 0.496 e.